The first kappa shape index (κ1) is 11.5. The third-order valence-corrected chi connectivity index (χ3v) is 2.03. The normalized spacial score (nSPS) is 11.5. The molecule has 0 radical (unpaired) electrons. The highest BCUT2D eigenvalue weighted by Gasteiger charge is 2.03. The molecule has 3 nitrogen and oxygen atoms in total. The van der Waals surface area contributed by atoms with Gasteiger partial charge in [-0.05, 0) is 25.5 Å². The molecule has 1 aromatic rings. The molecule has 0 saturated carbocycles. The van der Waals surface area contributed by atoms with Gasteiger partial charge in [-0.3, -0.25) is 0 Å². The number of nitrogens with one attached hydrogen (secondary N) is 1. The van der Waals surface area contributed by atoms with E-state index in [4.69, 9.17) is 16.9 Å². The summed E-state index contributed by atoms with van der Waals surface area (Å²) in [6, 6.07) is 5.46. The second kappa shape index (κ2) is 5.38. The van der Waals surface area contributed by atoms with Crippen LogP contribution in [-0.2, 0) is 0 Å². The van der Waals surface area contributed by atoms with Crippen molar-refractivity contribution in [1.82, 2.24) is 4.98 Å². The monoisotopic (exact) mass is 221 g/mol. The molecular weight excluding hydrogens is 210 g/mol. The Morgan fingerprint density at radius 1 is 1.73 bits per heavy atom. The minimum Gasteiger partial charge on any atom is -0.367 e. The van der Waals surface area contributed by atoms with E-state index in [1.54, 1.807) is 6.07 Å². The Bertz CT molecular complexity index is 395. The van der Waals surface area contributed by atoms with Gasteiger partial charge in [0.25, 0.3) is 0 Å². The number of anilines is 1. The molecule has 1 rings (SSSR count). The zero-order valence-corrected chi connectivity index (χ0v) is 9.25. The van der Waals surface area contributed by atoms with Crippen molar-refractivity contribution >= 4 is 17.4 Å². The Kier molecular flexibility index (Phi) is 4.14. The molecule has 15 heavy (non-hydrogen) atoms. The topological polar surface area (TPSA) is 48.7 Å². The van der Waals surface area contributed by atoms with E-state index < -0.39 is 0 Å². The van der Waals surface area contributed by atoms with E-state index in [1.165, 1.54) is 6.07 Å². The van der Waals surface area contributed by atoms with Gasteiger partial charge in [-0.15, -0.1) is 6.58 Å². The van der Waals surface area contributed by atoms with Crippen molar-refractivity contribution in [3.63, 3.8) is 0 Å². The lowest BCUT2D eigenvalue weighted by Gasteiger charge is -2.12. The highest BCUT2D eigenvalue weighted by atomic mass is 35.5. The second-order valence-electron chi connectivity index (χ2n) is 3.25. The van der Waals surface area contributed by atoms with Crippen molar-refractivity contribution in [3.8, 4) is 6.07 Å². The van der Waals surface area contributed by atoms with E-state index in [0.29, 0.717) is 16.5 Å². The van der Waals surface area contributed by atoms with Crippen LogP contribution in [0, 0.1) is 11.3 Å². The summed E-state index contributed by atoms with van der Waals surface area (Å²) in [7, 11) is 0. The lowest BCUT2D eigenvalue weighted by atomic mass is 10.2. The van der Waals surface area contributed by atoms with Crippen LogP contribution in [0.2, 0.25) is 5.15 Å². The second-order valence-corrected chi connectivity index (χ2v) is 3.63. The fourth-order valence-electron chi connectivity index (χ4n) is 1.20. The zero-order chi connectivity index (χ0) is 11.3. The van der Waals surface area contributed by atoms with Crippen molar-refractivity contribution in [2.24, 2.45) is 0 Å². The Morgan fingerprint density at radius 2 is 2.47 bits per heavy atom. The standard InChI is InChI=1S/C11H12ClN3/c1-3-4-8(2)14-11-6-9(7-13)5-10(12)15-11/h3,5-6,8H,1,4H2,2H3,(H,14,15). The Labute approximate surface area is 94.4 Å². The maximum absolute atomic E-state index is 8.74. The molecule has 0 aliphatic rings. The van der Waals surface area contributed by atoms with Crippen molar-refractivity contribution in [2.45, 2.75) is 19.4 Å². The predicted octanol–water partition coefficient (Wildman–Crippen LogP) is 2.98. The van der Waals surface area contributed by atoms with Crippen LogP contribution >= 0.6 is 11.6 Å². The molecule has 0 amide bonds. The third kappa shape index (κ3) is 3.61. The number of halogens is 1. The number of nitrogens with zero attached hydrogens (tertiary/aromatic N) is 2. The molecule has 1 unspecified atom stereocenters. The summed E-state index contributed by atoms with van der Waals surface area (Å²) in [5.41, 5.74) is 0.503. The van der Waals surface area contributed by atoms with E-state index in [9.17, 15) is 0 Å². The molecule has 1 N–H and O–H groups in total. The molecule has 0 aliphatic carbocycles. The van der Waals surface area contributed by atoms with Crippen LogP contribution in [0.15, 0.2) is 24.8 Å². The van der Waals surface area contributed by atoms with Gasteiger partial charge in [0.2, 0.25) is 0 Å². The SMILES string of the molecule is C=CCC(C)Nc1cc(C#N)cc(Cl)n1. The summed E-state index contributed by atoms with van der Waals surface area (Å²) in [6.45, 7) is 5.66. The quantitative estimate of drug-likeness (QED) is 0.628. The molecule has 0 fully saturated rings. The van der Waals surface area contributed by atoms with Gasteiger partial charge >= 0.3 is 0 Å². The van der Waals surface area contributed by atoms with E-state index in [-0.39, 0.29) is 6.04 Å². The summed E-state index contributed by atoms with van der Waals surface area (Å²) >= 11 is 5.77. The number of hydrogen-bond acceptors (Lipinski definition) is 3. The van der Waals surface area contributed by atoms with Gasteiger partial charge in [0.05, 0.1) is 11.6 Å². The van der Waals surface area contributed by atoms with E-state index in [2.05, 4.69) is 16.9 Å². The van der Waals surface area contributed by atoms with Gasteiger partial charge in [-0.1, -0.05) is 17.7 Å². The van der Waals surface area contributed by atoms with Crippen LogP contribution in [0.25, 0.3) is 0 Å². The lowest BCUT2D eigenvalue weighted by Crippen LogP contribution is -2.14. The average Bonchev–Trinajstić information content (AvgIpc) is 2.17. The van der Waals surface area contributed by atoms with Crippen molar-refractivity contribution in [2.75, 3.05) is 5.32 Å². The Morgan fingerprint density at radius 3 is 3.07 bits per heavy atom. The van der Waals surface area contributed by atoms with Crippen LogP contribution in [0.4, 0.5) is 5.82 Å². The van der Waals surface area contributed by atoms with Crippen LogP contribution in [-0.4, -0.2) is 11.0 Å². The molecule has 0 saturated heterocycles. The van der Waals surface area contributed by atoms with E-state index in [0.717, 1.165) is 6.42 Å². The van der Waals surface area contributed by atoms with Gasteiger partial charge < -0.3 is 5.32 Å². The minimum absolute atomic E-state index is 0.222. The highest BCUT2D eigenvalue weighted by Crippen LogP contribution is 2.15. The van der Waals surface area contributed by atoms with Crippen LogP contribution < -0.4 is 5.32 Å². The van der Waals surface area contributed by atoms with Crippen LogP contribution in [0.3, 0.4) is 0 Å². The molecule has 1 heterocycles. The molecule has 4 heteroatoms. The third-order valence-electron chi connectivity index (χ3n) is 1.84. The van der Waals surface area contributed by atoms with Gasteiger partial charge in [0.15, 0.2) is 0 Å². The first-order chi connectivity index (χ1) is 7.15. The van der Waals surface area contributed by atoms with Crippen molar-refractivity contribution < 1.29 is 0 Å². The molecule has 0 bridgehead atoms. The molecule has 1 atom stereocenters. The maximum atomic E-state index is 8.74. The first-order valence-corrected chi connectivity index (χ1v) is 4.98. The number of rotatable bonds is 4. The number of nitriles is 1. The van der Waals surface area contributed by atoms with Crippen LogP contribution in [0.5, 0.6) is 0 Å². The summed E-state index contributed by atoms with van der Waals surface area (Å²) in [4.78, 5) is 4.07. The smallest absolute Gasteiger partial charge is 0.132 e. The zero-order valence-electron chi connectivity index (χ0n) is 8.50. The summed E-state index contributed by atoms with van der Waals surface area (Å²) < 4.78 is 0. The Hall–Kier alpha value is -1.53. The van der Waals surface area contributed by atoms with Crippen molar-refractivity contribution in [3.05, 3.63) is 35.5 Å². The summed E-state index contributed by atoms with van der Waals surface area (Å²) in [6.07, 6.45) is 2.66. The molecule has 1 aromatic heterocycles. The maximum Gasteiger partial charge on any atom is 0.132 e. The van der Waals surface area contributed by atoms with E-state index >= 15 is 0 Å². The van der Waals surface area contributed by atoms with Gasteiger partial charge in [-0.25, -0.2) is 4.98 Å². The fraction of sp³-hybridized carbons (Fsp3) is 0.273. The minimum atomic E-state index is 0.222. The molecule has 0 spiro atoms. The lowest BCUT2D eigenvalue weighted by molar-refractivity contribution is 0.807. The largest absolute Gasteiger partial charge is 0.367 e. The van der Waals surface area contributed by atoms with Crippen molar-refractivity contribution in [1.29, 1.82) is 5.26 Å². The number of hydrogen-bond donors (Lipinski definition) is 1. The fourth-order valence-corrected chi connectivity index (χ4v) is 1.41. The Balaban J connectivity index is 2.81. The average molecular weight is 222 g/mol. The molecular formula is C11H12ClN3. The molecule has 0 aromatic carbocycles. The molecule has 0 aliphatic heterocycles. The van der Waals surface area contributed by atoms with E-state index in [1.807, 2.05) is 19.1 Å². The number of aromatic nitrogens is 1. The molecule has 78 valence electrons. The highest BCUT2D eigenvalue weighted by molar-refractivity contribution is 6.29. The van der Waals surface area contributed by atoms with Gasteiger partial charge in [0.1, 0.15) is 11.0 Å². The summed E-state index contributed by atoms with van der Waals surface area (Å²) in [5.74, 6) is 0.619. The van der Waals surface area contributed by atoms with Gasteiger partial charge in [-0.2, -0.15) is 5.26 Å². The first-order valence-electron chi connectivity index (χ1n) is 4.61. The van der Waals surface area contributed by atoms with Gasteiger partial charge in [0, 0.05) is 6.04 Å². The predicted molar refractivity (Wildman–Crippen MR) is 61.9 cm³/mol. The van der Waals surface area contributed by atoms with Crippen LogP contribution in [0.1, 0.15) is 18.9 Å². The number of pyridine rings is 1. The summed E-state index contributed by atoms with van der Waals surface area (Å²) in [5, 5.41) is 12.2.